The number of carbonyl (C=O) groups excluding carboxylic acids is 2. The minimum Gasteiger partial charge on any atom is -0.339 e. The lowest BCUT2D eigenvalue weighted by atomic mass is 10.1. The lowest BCUT2D eigenvalue weighted by Gasteiger charge is -2.35. The van der Waals surface area contributed by atoms with Gasteiger partial charge in [-0.25, -0.2) is 4.79 Å². The van der Waals surface area contributed by atoms with Crippen LogP contribution in [0.15, 0.2) is 30.3 Å². The number of amides is 3. The molecule has 1 heterocycles. The Kier molecular flexibility index (Phi) is 5.20. The Bertz CT molecular complexity index is 482. The van der Waals surface area contributed by atoms with Crippen molar-refractivity contribution >= 4 is 17.6 Å². The van der Waals surface area contributed by atoms with Crippen molar-refractivity contribution in [1.82, 2.24) is 9.80 Å². The normalized spacial score (nSPS) is 16.5. The minimum absolute atomic E-state index is 0.0645. The van der Waals surface area contributed by atoms with Crippen LogP contribution in [-0.2, 0) is 4.79 Å². The second kappa shape index (κ2) is 7.11. The number of anilines is 1. The maximum absolute atomic E-state index is 12.1. The van der Waals surface area contributed by atoms with Crippen molar-refractivity contribution in [2.75, 3.05) is 31.5 Å². The van der Waals surface area contributed by atoms with Crippen LogP contribution in [0.1, 0.15) is 20.3 Å². The Hall–Kier alpha value is -2.04. The van der Waals surface area contributed by atoms with Gasteiger partial charge in [0, 0.05) is 37.8 Å². The molecule has 1 aliphatic rings. The third-order valence-electron chi connectivity index (χ3n) is 3.94. The van der Waals surface area contributed by atoms with Gasteiger partial charge in [0.15, 0.2) is 0 Å². The number of nitrogens with zero attached hydrogens (tertiary/aromatic N) is 2. The fraction of sp³-hybridized carbons (Fsp3) is 0.500. The van der Waals surface area contributed by atoms with Crippen LogP contribution >= 0.6 is 0 Å². The molecule has 0 spiro atoms. The average molecular weight is 289 g/mol. The summed E-state index contributed by atoms with van der Waals surface area (Å²) in [7, 11) is 0. The van der Waals surface area contributed by atoms with Crippen molar-refractivity contribution in [3.8, 4) is 0 Å². The molecule has 0 radical (unpaired) electrons. The van der Waals surface area contributed by atoms with E-state index in [1.807, 2.05) is 49.1 Å². The molecule has 0 aromatic heterocycles. The van der Waals surface area contributed by atoms with E-state index in [2.05, 4.69) is 5.32 Å². The molecule has 1 N–H and O–H groups in total. The number of hydrogen-bond acceptors (Lipinski definition) is 2. The fourth-order valence-electron chi connectivity index (χ4n) is 2.34. The van der Waals surface area contributed by atoms with E-state index in [0.29, 0.717) is 26.2 Å². The van der Waals surface area contributed by atoms with Gasteiger partial charge in [0.25, 0.3) is 0 Å². The second-order valence-electron chi connectivity index (χ2n) is 5.42. The molecule has 1 atom stereocenters. The molecule has 5 nitrogen and oxygen atoms in total. The van der Waals surface area contributed by atoms with E-state index in [4.69, 9.17) is 0 Å². The summed E-state index contributed by atoms with van der Waals surface area (Å²) in [5.41, 5.74) is 0.792. The van der Waals surface area contributed by atoms with Crippen LogP contribution in [0.2, 0.25) is 0 Å². The van der Waals surface area contributed by atoms with Crippen molar-refractivity contribution in [2.45, 2.75) is 20.3 Å². The van der Waals surface area contributed by atoms with Crippen LogP contribution in [0, 0.1) is 5.92 Å². The van der Waals surface area contributed by atoms with Gasteiger partial charge < -0.3 is 15.1 Å². The zero-order chi connectivity index (χ0) is 15.2. The predicted octanol–water partition coefficient (Wildman–Crippen LogP) is 2.41. The molecule has 114 valence electrons. The number of rotatable bonds is 3. The maximum atomic E-state index is 12.1. The standard InChI is InChI=1S/C16H23N3O2/c1-3-13(2)15(20)18-9-11-19(12-10-18)16(21)17-14-7-5-4-6-8-14/h4-8,13H,3,9-12H2,1-2H3,(H,17,21). The summed E-state index contributed by atoms with van der Waals surface area (Å²) < 4.78 is 0. The molecular weight excluding hydrogens is 266 g/mol. The first kappa shape index (κ1) is 15.4. The largest absolute Gasteiger partial charge is 0.339 e. The molecule has 21 heavy (non-hydrogen) atoms. The summed E-state index contributed by atoms with van der Waals surface area (Å²) in [5, 5.41) is 2.87. The van der Waals surface area contributed by atoms with Crippen molar-refractivity contribution < 1.29 is 9.59 Å². The zero-order valence-corrected chi connectivity index (χ0v) is 12.7. The van der Waals surface area contributed by atoms with Gasteiger partial charge in [-0.05, 0) is 18.6 Å². The average Bonchev–Trinajstić information content (AvgIpc) is 2.54. The first-order chi connectivity index (χ1) is 10.1. The van der Waals surface area contributed by atoms with Crippen LogP contribution in [0.4, 0.5) is 10.5 Å². The van der Waals surface area contributed by atoms with E-state index < -0.39 is 0 Å². The van der Waals surface area contributed by atoms with Gasteiger partial charge in [0.1, 0.15) is 0 Å². The highest BCUT2D eigenvalue weighted by Gasteiger charge is 2.26. The Morgan fingerprint density at radius 1 is 1.10 bits per heavy atom. The second-order valence-corrected chi connectivity index (χ2v) is 5.42. The Labute approximate surface area is 125 Å². The quantitative estimate of drug-likeness (QED) is 0.929. The van der Waals surface area contributed by atoms with Crippen LogP contribution in [0.5, 0.6) is 0 Å². The molecule has 0 saturated carbocycles. The summed E-state index contributed by atoms with van der Waals surface area (Å²) >= 11 is 0. The highest BCUT2D eigenvalue weighted by molar-refractivity contribution is 5.89. The monoisotopic (exact) mass is 289 g/mol. The number of urea groups is 1. The third-order valence-corrected chi connectivity index (χ3v) is 3.94. The number of piperazine rings is 1. The van der Waals surface area contributed by atoms with Gasteiger partial charge in [-0.1, -0.05) is 32.0 Å². The van der Waals surface area contributed by atoms with E-state index in [9.17, 15) is 9.59 Å². The molecule has 1 saturated heterocycles. The number of benzene rings is 1. The van der Waals surface area contributed by atoms with Gasteiger partial charge in [0.05, 0.1) is 0 Å². The Morgan fingerprint density at radius 3 is 2.24 bits per heavy atom. The highest BCUT2D eigenvalue weighted by atomic mass is 16.2. The smallest absolute Gasteiger partial charge is 0.321 e. The van der Waals surface area contributed by atoms with Crippen molar-refractivity contribution in [3.05, 3.63) is 30.3 Å². The molecule has 5 heteroatoms. The van der Waals surface area contributed by atoms with E-state index in [1.165, 1.54) is 0 Å². The first-order valence-corrected chi connectivity index (χ1v) is 7.51. The predicted molar refractivity (Wildman–Crippen MR) is 83.1 cm³/mol. The molecule has 3 amide bonds. The highest BCUT2D eigenvalue weighted by Crippen LogP contribution is 2.12. The van der Waals surface area contributed by atoms with Crippen molar-refractivity contribution in [3.63, 3.8) is 0 Å². The maximum Gasteiger partial charge on any atom is 0.321 e. The van der Waals surface area contributed by atoms with E-state index >= 15 is 0 Å². The van der Waals surface area contributed by atoms with Crippen molar-refractivity contribution in [1.29, 1.82) is 0 Å². The van der Waals surface area contributed by atoms with Gasteiger partial charge in [-0.3, -0.25) is 4.79 Å². The number of hydrogen-bond donors (Lipinski definition) is 1. The summed E-state index contributed by atoms with van der Waals surface area (Å²) in [6.45, 7) is 6.38. The summed E-state index contributed by atoms with van der Waals surface area (Å²) in [6, 6.07) is 9.31. The summed E-state index contributed by atoms with van der Waals surface area (Å²) in [5.74, 6) is 0.260. The lowest BCUT2D eigenvalue weighted by molar-refractivity contribution is -0.136. The van der Waals surface area contributed by atoms with Crippen LogP contribution < -0.4 is 5.32 Å². The Balaban J connectivity index is 1.83. The van der Waals surface area contributed by atoms with Crippen LogP contribution in [-0.4, -0.2) is 47.9 Å². The summed E-state index contributed by atoms with van der Waals surface area (Å²) in [4.78, 5) is 27.9. The van der Waals surface area contributed by atoms with Gasteiger partial charge >= 0.3 is 6.03 Å². The third kappa shape index (κ3) is 3.97. The number of para-hydroxylation sites is 1. The lowest BCUT2D eigenvalue weighted by Crippen LogP contribution is -2.52. The molecule has 0 bridgehead atoms. The van der Waals surface area contributed by atoms with Gasteiger partial charge in [0.2, 0.25) is 5.91 Å². The SMILES string of the molecule is CCC(C)C(=O)N1CCN(C(=O)Nc2ccccc2)CC1. The van der Waals surface area contributed by atoms with Gasteiger partial charge in [-0.15, -0.1) is 0 Å². The number of carbonyl (C=O) groups is 2. The van der Waals surface area contributed by atoms with E-state index in [0.717, 1.165) is 12.1 Å². The molecule has 1 aromatic rings. The van der Waals surface area contributed by atoms with E-state index in [1.54, 1.807) is 4.90 Å². The number of nitrogens with one attached hydrogen (secondary N) is 1. The molecule has 1 unspecified atom stereocenters. The topological polar surface area (TPSA) is 52.7 Å². The van der Waals surface area contributed by atoms with Gasteiger partial charge in [-0.2, -0.15) is 0 Å². The Morgan fingerprint density at radius 2 is 1.67 bits per heavy atom. The molecule has 1 fully saturated rings. The van der Waals surface area contributed by atoms with Crippen LogP contribution in [0.3, 0.4) is 0 Å². The fourth-order valence-corrected chi connectivity index (χ4v) is 2.34. The first-order valence-electron chi connectivity index (χ1n) is 7.51. The molecule has 0 aliphatic carbocycles. The zero-order valence-electron chi connectivity index (χ0n) is 12.7. The molecule has 2 rings (SSSR count). The molecular formula is C16H23N3O2. The minimum atomic E-state index is -0.100. The summed E-state index contributed by atoms with van der Waals surface area (Å²) in [6.07, 6.45) is 0.855. The van der Waals surface area contributed by atoms with E-state index in [-0.39, 0.29) is 17.9 Å². The molecule has 1 aromatic carbocycles. The van der Waals surface area contributed by atoms with Crippen molar-refractivity contribution in [2.24, 2.45) is 5.92 Å². The van der Waals surface area contributed by atoms with Crippen LogP contribution in [0.25, 0.3) is 0 Å². The molecule has 1 aliphatic heterocycles.